The number of carboxylic acids is 1. The summed E-state index contributed by atoms with van der Waals surface area (Å²) in [4.78, 5) is 37.6. The zero-order chi connectivity index (χ0) is 20.5. The molecule has 1 aliphatic heterocycles. The van der Waals surface area contributed by atoms with Crippen molar-refractivity contribution in [3.05, 3.63) is 65.5 Å². The average molecular weight is 392 g/mol. The molecule has 0 saturated carbocycles. The predicted molar refractivity (Wildman–Crippen MR) is 88.5 cm³/mol. The number of aromatic nitrogens is 2. The molecule has 2 aromatic rings. The van der Waals surface area contributed by atoms with Crippen molar-refractivity contribution in [2.24, 2.45) is 0 Å². The number of halogens is 3. The number of aromatic carboxylic acids is 1. The highest BCUT2D eigenvalue weighted by Crippen LogP contribution is 2.32. The Morgan fingerprint density at radius 1 is 1.07 bits per heavy atom. The number of carbonyl (C=O) groups excluding carboxylic acids is 2. The van der Waals surface area contributed by atoms with Crippen molar-refractivity contribution in [3.63, 3.8) is 0 Å². The maximum atomic E-state index is 13.2. The van der Waals surface area contributed by atoms with Crippen LogP contribution in [-0.2, 0) is 6.18 Å². The molecule has 0 fully saturated rings. The number of carboxylic acid groups (broad SMARTS) is 1. The number of anilines is 1. The van der Waals surface area contributed by atoms with Crippen molar-refractivity contribution >= 4 is 23.7 Å². The molecule has 0 atom stereocenters. The summed E-state index contributed by atoms with van der Waals surface area (Å²) in [6.07, 6.45) is -2.12. The fourth-order valence-electron chi connectivity index (χ4n) is 2.50. The number of rotatable bonds is 3. The van der Waals surface area contributed by atoms with Crippen LogP contribution in [-0.4, -0.2) is 44.7 Å². The van der Waals surface area contributed by atoms with Crippen LogP contribution in [0.2, 0.25) is 0 Å². The van der Waals surface area contributed by atoms with E-state index in [-0.39, 0.29) is 18.1 Å². The molecule has 8 nitrogen and oxygen atoms in total. The number of hydrogen-bond acceptors (Lipinski definition) is 5. The molecule has 0 radical (unpaired) electrons. The third kappa shape index (κ3) is 3.54. The van der Waals surface area contributed by atoms with E-state index in [0.717, 1.165) is 29.2 Å². The average Bonchev–Trinajstić information content (AvgIpc) is 2.67. The number of hydrogen-bond donors (Lipinski definition) is 1. The molecular formula is C17H11F3N4O4. The molecule has 144 valence electrons. The minimum atomic E-state index is -4.77. The fourth-order valence-corrected chi connectivity index (χ4v) is 2.50. The zero-order valence-corrected chi connectivity index (χ0v) is 13.9. The van der Waals surface area contributed by atoms with Gasteiger partial charge in [0.05, 0.1) is 17.7 Å². The number of nitrogens with zero attached hydrogens (tertiary/aromatic N) is 4. The van der Waals surface area contributed by atoms with Crippen LogP contribution in [0.4, 0.5) is 23.8 Å². The van der Waals surface area contributed by atoms with E-state index in [9.17, 15) is 27.6 Å². The summed E-state index contributed by atoms with van der Waals surface area (Å²) < 4.78 is 39.5. The minimum Gasteiger partial charge on any atom is -0.476 e. The first-order chi connectivity index (χ1) is 13.2. The van der Waals surface area contributed by atoms with Crippen molar-refractivity contribution in [1.29, 1.82) is 0 Å². The molecule has 0 bridgehead atoms. The first-order valence-electron chi connectivity index (χ1n) is 7.75. The summed E-state index contributed by atoms with van der Waals surface area (Å²) in [6, 6.07) is 5.50. The second kappa shape index (κ2) is 7.10. The monoisotopic (exact) mass is 392 g/mol. The van der Waals surface area contributed by atoms with Crippen LogP contribution >= 0.6 is 0 Å². The highest BCUT2D eigenvalue weighted by Gasteiger charge is 2.38. The van der Waals surface area contributed by atoms with Crippen LogP contribution in [0, 0.1) is 0 Å². The second-order valence-corrected chi connectivity index (χ2v) is 5.58. The van der Waals surface area contributed by atoms with Crippen LogP contribution in [0.25, 0.3) is 0 Å². The molecule has 28 heavy (non-hydrogen) atoms. The van der Waals surface area contributed by atoms with Crippen molar-refractivity contribution in [2.75, 3.05) is 11.4 Å². The summed E-state index contributed by atoms with van der Waals surface area (Å²) in [7, 11) is 0. The van der Waals surface area contributed by atoms with E-state index in [4.69, 9.17) is 5.11 Å². The molecule has 0 unspecified atom stereocenters. The summed E-state index contributed by atoms with van der Waals surface area (Å²) >= 11 is 0. The quantitative estimate of drug-likeness (QED) is 0.862. The van der Waals surface area contributed by atoms with Gasteiger partial charge < -0.3 is 5.11 Å². The molecule has 2 heterocycles. The van der Waals surface area contributed by atoms with Gasteiger partial charge in [-0.2, -0.15) is 13.2 Å². The first kappa shape index (κ1) is 19.0. The van der Waals surface area contributed by atoms with Gasteiger partial charge in [-0.15, -0.1) is 10.2 Å². The van der Waals surface area contributed by atoms with Gasteiger partial charge in [-0.3, -0.25) is 14.6 Å². The fraction of sp³-hybridized carbons (Fsp3) is 0.118. The Balaban J connectivity index is 1.91. The van der Waals surface area contributed by atoms with Gasteiger partial charge in [0.1, 0.15) is 0 Å². The Morgan fingerprint density at radius 3 is 2.39 bits per heavy atom. The molecule has 1 aliphatic rings. The van der Waals surface area contributed by atoms with Crippen molar-refractivity contribution < 1.29 is 32.7 Å². The van der Waals surface area contributed by atoms with Gasteiger partial charge >= 0.3 is 18.2 Å². The Morgan fingerprint density at radius 2 is 1.79 bits per heavy atom. The number of benzene rings is 1. The van der Waals surface area contributed by atoms with Crippen molar-refractivity contribution in [2.45, 2.75) is 6.18 Å². The lowest BCUT2D eigenvalue weighted by Gasteiger charge is -2.29. The van der Waals surface area contributed by atoms with E-state index in [2.05, 4.69) is 10.2 Å². The maximum absolute atomic E-state index is 13.2. The van der Waals surface area contributed by atoms with Crippen molar-refractivity contribution in [3.8, 4) is 0 Å². The van der Waals surface area contributed by atoms with Gasteiger partial charge in [0.2, 0.25) is 0 Å². The number of carbonyl (C=O) groups is 3. The van der Waals surface area contributed by atoms with E-state index in [1.165, 1.54) is 24.4 Å². The Bertz CT molecular complexity index is 973. The summed E-state index contributed by atoms with van der Waals surface area (Å²) in [5, 5.41) is 15.9. The maximum Gasteiger partial charge on any atom is 0.417 e. The van der Waals surface area contributed by atoms with Crippen LogP contribution in [0.5, 0.6) is 0 Å². The summed E-state index contributed by atoms with van der Waals surface area (Å²) in [5.74, 6) is -2.53. The first-order valence-corrected chi connectivity index (χ1v) is 7.75. The van der Waals surface area contributed by atoms with Crippen LogP contribution in [0.15, 0.2) is 48.7 Å². The third-order valence-electron chi connectivity index (χ3n) is 3.80. The van der Waals surface area contributed by atoms with Gasteiger partial charge in [0.15, 0.2) is 11.5 Å². The minimum absolute atomic E-state index is 0.0899. The van der Waals surface area contributed by atoms with Gasteiger partial charge in [-0.1, -0.05) is 12.1 Å². The van der Waals surface area contributed by atoms with E-state index in [1.54, 1.807) is 0 Å². The number of amides is 3. The van der Waals surface area contributed by atoms with Crippen molar-refractivity contribution in [1.82, 2.24) is 15.1 Å². The molecule has 0 spiro atoms. The third-order valence-corrected chi connectivity index (χ3v) is 3.80. The molecule has 0 aliphatic carbocycles. The molecular weight excluding hydrogens is 381 g/mol. The van der Waals surface area contributed by atoms with E-state index in [0.29, 0.717) is 4.90 Å². The Labute approximate surface area is 155 Å². The highest BCUT2D eigenvalue weighted by atomic mass is 19.4. The molecule has 1 aromatic carbocycles. The largest absolute Gasteiger partial charge is 0.476 e. The standard InChI is InChI=1S/C17H11F3N4O4/c18-17(19,20)11-5-2-1-4-10(11)14(25)24-9-3-8-23(16(24)28)13-7-6-12(15(26)27)21-22-13/h1-8H,9H2,(H,26,27). The lowest BCUT2D eigenvalue weighted by atomic mass is 10.1. The lowest BCUT2D eigenvalue weighted by molar-refractivity contribution is -0.138. The number of alkyl halides is 3. The van der Waals surface area contributed by atoms with Crippen LogP contribution in [0.1, 0.15) is 26.4 Å². The molecule has 3 rings (SSSR count). The summed E-state index contributed by atoms with van der Waals surface area (Å²) in [6.45, 7) is -0.235. The van der Waals surface area contributed by atoms with Gasteiger partial charge in [-0.25, -0.2) is 9.59 Å². The Kier molecular flexibility index (Phi) is 4.82. The SMILES string of the molecule is O=C(O)c1ccc(N2C=CCN(C(=O)c3ccccc3C(F)(F)F)C2=O)nn1. The molecule has 1 aromatic heterocycles. The predicted octanol–water partition coefficient (Wildman–Crippen LogP) is 2.79. The van der Waals surface area contributed by atoms with E-state index in [1.807, 2.05) is 0 Å². The van der Waals surface area contributed by atoms with Gasteiger partial charge in [0.25, 0.3) is 5.91 Å². The molecule has 11 heteroatoms. The topological polar surface area (TPSA) is 104 Å². The van der Waals surface area contributed by atoms with Gasteiger partial charge in [0, 0.05) is 6.20 Å². The summed E-state index contributed by atoms with van der Waals surface area (Å²) in [5.41, 5.74) is -2.17. The number of imide groups is 1. The highest BCUT2D eigenvalue weighted by molar-refractivity contribution is 6.10. The van der Waals surface area contributed by atoms with E-state index < -0.39 is 35.2 Å². The van der Waals surface area contributed by atoms with E-state index >= 15 is 0 Å². The zero-order valence-electron chi connectivity index (χ0n) is 13.9. The van der Waals surface area contributed by atoms with Crippen LogP contribution in [0.3, 0.4) is 0 Å². The smallest absolute Gasteiger partial charge is 0.417 e. The number of urea groups is 1. The molecule has 0 saturated heterocycles. The second-order valence-electron chi connectivity index (χ2n) is 5.58. The van der Waals surface area contributed by atoms with Crippen LogP contribution < -0.4 is 4.90 Å². The normalized spacial score (nSPS) is 14.3. The lowest BCUT2D eigenvalue weighted by Crippen LogP contribution is -2.47. The molecule has 1 N–H and O–H groups in total. The Hall–Kier alpha value is -3.76. The van der Waals surface area contributed by atoms with Gasteiger partial charge in [-0.05, 0) is 30.3 Å². The molecule has 3 amide bonds.